The van der Waals surface area contributed by atoms with Gasteiger partial charge in [-0.1, -0.05) is 30.1 Å². The number of fused-ring (bicyclic) bond motifs is 1. The minimum absolute atomic E-state index is 0.380. The number of hydrogen-bond acceptors (Lipinski definition) is 4. The third-order valence-electron chi connectivity index (χ3n) is 2.02. The molecule has 0 saturated heterocycles. The lowest BCUT2D eigenvalue weighted by Gasteiger charge is -2.26. The molecule has 1 N–H and O–H groups in total. The van der Waals surface area contributed by atoms with E-state index in [9.17, 15) is 8.42 Å². The Labute approximate surface area is 87.5 Å². The van der Waals surface area contributed by atoms with Gasteiger partial charge in [0.1, 0.15) is 0 Å². The molecule has 1 aromatic carbocycles. The van der Waals surface area contributed by atoms with Crippen molar-refractivity contribution in [3.63, 3.8) is 0 Å². The summed E-state index contributed by atoms with van der Waals surface area (Å²) < 4.78 is 24.9. The van der Waals surface area contributed by atoms with Gasteiger partial charge in [-0.25, -0.2) is 8.42 Å². The maximum Gasteiger partial charge on any atom is 0.254 e. The molecule has 0 bridgehead atoms. The fraction of sp³-hybridized carbons (Fsp3) is 0.250. The molecule has 0 aliphatic carbocycles. The summed E-state index contributed by atoms with van der Waals surface area (Å²) in [6.07, 6.45) is 1.83. The molecular formula is C8H10N2O2S2. The smallest absolute Gasteiger partial charge is 0.206 e. The molecule has 0 spiro atoms. The Kier molecular flexibility index (Phi) is 2.52. The predicted octanol–water partition coefficient (Wildman–Crippen LogP) is 0.974. The van der Waals surface area contributed by atoms with Crippen LogP contribution < -0.4 is 4.83 Å². The van der Waals surface area contributed by atoms with Crippen molar-refractivity contribution in [2.24, 2.45) is 0 Å². The minimum Gasteiger partial charge on any atom is -0.206 e. The highest BCUT2D eigenvalue weighted by Gasteiger charge is 2.26. The first kappa shape index (κ1) is 9.97. The standard InChI is InChI=1S/C8H10N2O2S2/c1-13-10-6-7-4-2-3-5-8(7)14(11,12)9-10/h2-5,9H,6H2,1H3. The van der Waals surface area contributed by atoms with E-state index in [-0.39, 0.29) is 0 Å². The zero-order chi connectivity index (χ0) is 10.2. The van der Waals surface area contributed by atoms with Crippen molar-refractivity contribution in [3.05, 3.63) is 29.8 Å². The van der Waals surface area contributed by atoms with Crippen LogP contribution in [0, 0.1) is 0 Å². The van der Waals surface area contributed by atoms with E-state index in [0.717, 1.165) is 5.56 Å². The molecular weight excluding hydrogens is 220 g/mol. The highest BCUT2D eigenvalue weighted by Crippen LogP contribution is 2.24. The Morgan fingerprint density at radius 1 is 1.43 bits per heavy atom. The highest BCUT2D eigenvalue weighted by atomic mass is 32.2. The van der Waals surface area contributed by atoms with E-state index in [2.05, 4.69) is 4.83 Å². The van der Waals surface area contributed by atoms with Gasteiger partial charge in [0.15, 0.2) is 0 Å². The molecule has 14 heavy (non-hydrogen) atoms. The van der Waals surface area contributed by atoms with Crippen LogP contribution in [0.4, 0.5) is 0 Å². The summed E-state index contributed by atoms with van der Waals surface area (Å²) in [4.78, 5) is 2.85. The first-order chi connectivity index (χ1) is 6.63. The average Bonchev–Trinajstić information content (AvgIpc) is 2.17. The summed E-state index contributed by atoms with van der Waals surface area (Å²) in [7, 11) is -3.35. The highest BCUT2D eigenvalue weighted by molar-refractivity contribution is 7.97. The van der Waals surface area contributed by atoms with Crippen LogP contribution in [0.1, 0.15) is 5.56 Å². The summed E-state index contributed by atoms with van der Waals surface area (Å²) in [5.74, 6) is 0. The van der Waals surface area contributed by atoms with Crippen LogP contribution in [0.2, 0.25) is 0 Å². The van der Waals surface area contributed by atoms with Gasteiger partial charge in [0.05, 0.1) is 11.4 Å². The second kappa shape index (κ2) is 3.54. The van der Waals surface area contributed by atoms with E-state index in [0.29, 0.717) is 11.4 Å². The number of nitrogens with one attached hydrogen (secondary N) is 1. The van der Waals surface area contributed by atoms with E-state index < -0.39 is 10.0 Å². The van der Waals surface area contributed by atoms with Crippen LogP contribution in [-0.4, -0.2) is 19.1 Å². The van der Waals surface area contributed by atoms with Crippen LogP contribution in [0.3, 0.4) is 0 Å². The molecule has 2 rings (SSSR count). The van der Waals surface area contributed by atoms with E-state index >= 15 is 0 Å². The van der Waals surface area contributed by atoms with Crippen LogP contribution in [0.15, 0.2) is 29.2 Å². The molecule has 0 atom stereocenters. The first-order valence-electron chi connectivity index (χ1n) is 4.05. The quantitative estimate of drug-likeness (QED) is 0.730. The normalized spacial score (nSPS) is 20.4. The van der Waals surface area contributed by atoms with Crippen LogP contribution >= 0.6 is 11.9 Å². The maximum absolute atomic E-state index is 11.7. The number of hydrazine groups is 1. The molecule has 76 valence electrons. The van der Waals surface area contributed by atoms with Gasteiger partial charge in [-0.2, -0.15) is 4.41 Å². The topological polar surface area (TPSA) is 49.4 Å². The predicted molar refractivity (Wildman–Crippen MR) is 55.8 cm³/mol. The van der Waals surface area contributed by atoms with Gasteiger partial charge < -0.3 is 0 Å². The lowest BCUT2D eigenvalue weighted by molar-refractivity contribution is 0.401. The third-order valence-corrected chi connectivity index (χ3v) is 4.23. The van der Waals surface area contributed by atoms with Crippen molar-refractivity contribution < 1.29 is 8.42 Å². The molecule has 0 fully saturated rings. The average molecular weight is 230 g/mol. The van der Waals surface area contributed by atoms with Crippen molar-refractivity contribution in [1.29, 1.82) is 0 Å². The third kappa shape index (κ3) is 1.66. The van der Waals surface area contributed by atoms with E-state index in [1.165, 1.54) is 11.9 Å². The summed E-state index contributed by atoms with van der Waals surface area (Å²) in [6, 6.07) is 7.03. The van der Waals surface area contributed by atoms with Crippen molar-refractivity contribution >= 4 is 22.0 Å². The molecule has 1 aliphatic rings. The molecule has 1 aromatic rings. The zero-order valence-corrected chi connectivity index (χ0v) is 9.23. The second-order valence-corrected chi connectivity index (χ2v) is 5.36. The molecule has 0 aromatic heterocycles. The first-order valence-corrected chi connectivity index (χ1v) is 6.72. The summed E-state index contributed by atoms with van der Waals surface area (Å²) in [5, 5.41) is 0. The lowest BCUT2D eigenvalue weighted by atomic mass is 10.2. The maximum atomic E-state index is 11.7. The molecule has 0 unspecified atom stereocenters. The van der Waals surface area contributed by atoms with Gasteiger partial charge in [-0.05, 0) is 17.9 Å². The van der Waals surface area contributed by atoms with Crippen LogP contribution in [-0.2, 0) is 16.6 Å². The molecule has 6 heteroatoms. The van der Waals surface area contributed by atoms with Crippen molar-refractivity contribution in [2.45, 2.75) is 11.4 Å². The Morgan fingerprint density at radius 3 is 2.86 bits per heavy atom. The zero-order valence-electron chi connectivity index (χ0n) is 7.60. The largest absolute Gasteiger partial charge is 0.254 e. The lowest BCUT2D eigenvalue weighted by Crippen LogP contribution is -2.41. The van der Waals surface area contributed by atoms with Crippen LogP contribution in [0.25, 0.3) is 0 Å². The summed E-state index contributed by atoms with van der Waals surface area (Å²) in [5.41, 5.74) is 0.834. The SMILES string of the molecule is CSN1Cc2ccccc2S(=O)(=O)N1. The Hall–Kier alpha value is -0.560. The fourth-order valence-electron chi connectivity index (χ4n) is 1.37. The van der Waals surface area contributed by atoms with Gasteiger partial charge in [-0.15, -0.1) is 4.83 Å². The van der Waals surface area contributed by atoms with Crippen molar-refractivity contribution in [2.75, 3.05) is 6.26 Å². The van der Waals surface area contributed by atoms with E-state index in [1.807, 2.05) is 18.4 Å². The number of sulfonamides is 1. The molecule has 4 nitrogen and oxygen atoms in total. The van der Waals surface area contributed by atoms with Gasteiger partial charge in [-0.3, -0.25) is 0 Å². The Morgan fingerprint density at radius 2 is 2.14 bits per heavy atom. The van der Waals surface area contributed by atoms with Gasteiger partial charge in [0.25, 0.3) is 10.0 Å². The van der Waals surface area contributed by atoms with Crippen molar-refractivity contribution in [1.82, 2.24) is 9.25 Å². The van der Waals surface area contributed by atoms with Gasteiger partial charge in [0, 0.05) is 0 Å². The Balaban J connectivity index is 2.53. The molecule has 1 aliphatic heterocycles. The number of nitrogens with zero attached hydrogens (tertiary/aromatic N) is 1. The second-order valence-electron chi connectivity index (χ2n) is 2.92. The summed E-state index contributed by atoms with van der Waals surface area (Å²) in [6.45, 7) is 0.594. The molecule has 0 saturated carbocycles. The molecule has 1 heterocycles. The van der Waals surface area contributed by atoms with Crippen LogP contribution in [0.5, 0.6) is 0 Å². The minimum atomic E-state index is -3.35. The number of rotatable bonds is 1. The van der Waals surface area contributed by atoms with Gasteiger partial charge in [0.2, 0.25) is 0 Å². The molecule has 0 radical (unpaired) electrons. The summed E-state index contributed by atoms with van der Waals surface area (Å²) >= 11 is 1.35. The molecule has 0 amide bonds. The number of hydrogen-bond donors (Lipinski definition) is 1. The number of benzene rings is 1. The van der Waals surface area contributed by atoms with Gasteiger partial charge >= 0.3 is 0 Å². The monoisotopic (exact) mass is 230 g/mol. The van der Waals surface area contributed by atoms with Crippen molar-refractivity contribution in [3.8, 4) is 0 Å². The fourth-order valence-corrected chi connectivity index (χ4v) is 3.40. The van der Waals surface area contributed by atoms with E-state index in [1.54, 1.807) is 16.5 Å². The Bertz CT molecular complexity index is 444. The van der Waals surface area contributed by atoms with E-state index in [4.69, 9.17) is 0 Å².